The van der Waals surface area contributed by atoms with Crippen molar-refractivity contribution in [3.05, 3.63) is 71.8 Å². The van der Waals surface area contributed by atoms with Crippen LogP contribution in [0.1, 0.15) is 11.1 Å². The summed E-state index contributed by atoms with van der Waals surface area (Å²) in [6.07, 6.45) is -0.655. The molecule has 1 N–H and O–H groups in total. The number of amides is 2. The van der Waals surface area contributed by atoms with Crippen LogP contribution in [0.4, 0.5) is 4.79 Å². The van der Waals surface area contributed by atoms with Gasteiger partial charge in [0.2, 0.25) is 5.91 Å². The van der Waals surface area contributed by atoms with E-state index in [1.165, 1.54) is 4.90 Å². The standard InChI is InChI=1S/C20H24N2O4/c1-22(2)19(23)18(15-25-13-16-9-5-3-6-10-16)21-20(24)26-14-17-11-7-4-8-12-17/h3-12,18H,13-15H2,1-2H3,(H,21,24). The number of hydrogen-bond donors (Lipinski definition) is 1. The van der Waals surface area contributed by atoms with E-state index >= 15 is 0 Å². The van der Waals surface area contributed by atoms with Crippen LogP contribution >= 0.6 is 0 Å². The van der Waals surface area contributed by atoms with Crippen LogP contribution in [0.2, 0.25) is 0 Å². The van der Waals surface area contributed by atoms with Gasteiger partial charge in [-0.1, -0.05) is 60.7 Å². The van der Waals surface area contributed by atoms with Crippen LogP contribution in [-0.4, -0.2) is 43.6 Å². The summed E-state index contributed by atoms with van der Waals surface area (Å²) in [7, 11) is 3.26. The Morgan fingerprint density at radius 1 is 0.923 bits per heavy atom. The second-order valence-corrected chi connectivity index (χ2v) is 5.99. The summed E-state index contributed by atoms with van der Waals surface area (Å²) in [5.41, 5.74) is 1.87. The minimum Gasteiger partial charge on any atom is -0.445 e. The van der Waals surface area contributed by atoms with Gasteiger partial charge in [0.05, 0.1) is 13.2 Å². The first-order valence-electron chi connectivity index (χ1n) is 8.36. The zero-order chi connectivity index (χ0) is 18.8. The highest BCUT2D eigenvalue weighted by Crippen LogP contribution is 2.04. The second kappa shape index (κ2) is 10.2. The molecule has 0 bridgehead atoms. The molecule has 2 rings (SSSR count). The van der Waals surface area contributed by atoms with Crippen LogP contribution in [0, 0.1) is 0 Å². The molecule has 1 atom stereocenters. The number of carbonyl (C=O) groups is 2. The molecule has 0 aliphatic heterocycles. The third kappa shape index (κ3) is 6.57. The van der Waals surface area contributed by atoms with Crippen LogP contribution in [-0.2, 0) is 27.5 Å². The second-order valence-electron chi connectivity index (χ2n) is 5.99. The van der Waals surface area contributed by atoms with Crippen molar-refractivity contribution in [3.63, 3.8) is 0 Å². The van der Waals surface area contributed by atoms with Gasteiger partial charge in [-0.05, 0) is 11.1 Å². The van der Waals surface area contributed by atoms with E-state index in [9.17, 15) is 9.59 Å². The molecule has 26 heavy (non-hydrogen) atoms. The molecule has 0 aliphatic rings. The fourth-order valence-electron chi connectivity index (χ4n) is 2.26. The maximum Gasteiger partial charge on any atom is 0.408 e. The Kier molecular flexibility index (Phi) is 7.64. The van der Waals surface area contributed by atoms with Gasteiger partial charge in [-0.25, -0.2) is 4.79 Å². The van der Waals surface area contributed by atoms with E-state index in [0.29, 0.717) is 6.61 Å². The Morgan fingerprint density at radius 2 is 1.46 bits per heavy atom. The summed E-state index contributed by atoms with van der Waals surface area (Å²) in [5.74, 6) is -0.255. The van der Waals surface area contributed by atoms with Gasteiger partial charge in [-0.3, -0.25) is 4.79 Å². The molecule has 0 aromatic heterocycles. The van der Waals surface area contributed by atoms with Crippen molar-refractivity contribution in [2.45, 2.75) is 19.3 Å². The quantitative estimate of drug-likeness (QED) is 0.789. The lowest BCUT2D eigenvalue weighted by Crippen LogP contribution is -2.49. The molecule has 0 heterocycles. The van der Waals surface area contributed by atoms with Crippen LogP contribution in [0.15, 0.2) is 60.7 Å². The minimum absolute atomic E-state index is 0.0618. The van der Waals surface area contributed by atoms with E-state index in [1.54, 1.807) is 14.1 Å². The number of hydrogen-bond acceptors (Lipinski definition) is 4. The van der Waals surface area contributed by atoms with Gasteiger partial charge in [0.1, 0.15) is 12.6 Å². The van der Waals surface area contributed by atoms with Crippen molar-refractivity contribution in [2.24, 2.45) is 0 Å². The Morgan fingerprint density at radius 3 is 2.00 bits per heavy atom. The number of ether oxygens (including phenoxy) is 2. The zero-order valence-corrected chi connectivity index (χ0v) is 15.1. The molecule has 2 aromatic rings. The summed E-state index contributed by atoms with van der Waals surface area (Å²) in [6, 6.07) is 18.2. The molecule has 0 saturated heterocycles. The van der Waals surface area contributed by atoms with Gasteiger partial charge in [0, 0.05) is 14.1 Å². The van der Waals surface area contributed by atoms with E-state index in [4.69, 9.17) is 9.47 Å². The van der Waals surface area contributed by atoms with Crippen LogP contribution in [0.3, 0.4) is 0 Å². The first-order valence-corrected chi connectivity index (χ1v) is 8.36. The highest BCUT2D eigenvalue weighted by Gasteiger charge is 2.23. The minimum atomic E-state index is -0.808. The van der Waals surface area contributed by atoms with Gasteiger partial charge < -0.3 is 19.7 Å². The van der Waals surface area contributed by atoms with Crippen LogP contribution < -0.4 is 5.32 Å². The number of alkyl carbamates (subject to hydrolysis) is 1. The number of rotatable bonds is 8. The summed E-state index contributed by atoms with van der Waals surface area (Å²) < 4.78 is 10.8. The monoisotopic (exact) mass is 356 g/mol. The summed E-state index contributed by atoms with van der Waals surface area (Å²) in [5, 5.41) is 2.58. The van der Waals surface area contributed by atoms with Crippen LogP contribution in [0.5, 0.6) is 0 Å². The van der Waals surface area contributed by atoms with E-state index in [-0.39, 0.29) is 19.1 Å². The molecular weight excluding hydrogens is 332 g/mol. The van der Waals surface area contributed by atoms with E-state index < -0.39 is 12.1 Å². The largest absolute Gasteiger partial charge is 0.445 e. The molecule has 2 amide bonds. The van der Waals surface area contributed by atoms with Crippen molar-refractivity contribution in [2.75, 3.05) is 20.7 Å². The topological polar surface area (TPSA) is 67.9 Å². The maximum atomic E-state index is 12.3. The number of nitrogens with zero attached hydrogens (tertiary/aromatic N) is 1. The highest BCUT2D eigenvalue weighted by atomic mass is 16.5. The molecule has 0 fully saturated rings. The van der Waals surface area contributed by atoms with Crippen molar-refractivity contribution in [1.82, 2.24) is 10.2 Å². The van der Waals surface area contributed by atoms with E-state index in [1.807, 2.05) is 60.7 Å². The average Bonchev–Trinajstić information content (AvgIpc) is 2.66. The van der Waals surface area contributed by atoms with E-state index in [2.05, 4.69) is 5.32 Å². The molecule has 2 aromatic carbocycles. The van der Waals surface area contributed by atoms with Gasteiger partial charge in [-0.15, -0.1) is 0 Å². The van der Waals surface area contributed by atoms with Crippen LogP contribution in [0.25, 0.3) is 0 Å². The van der Waals surface area contributed by atoms with Gasteiger partial charge >= 0.3 is 6.09 Å². The lowest BCUT2D eigenvalue weighted by atomic mass is 10.2. The van der Waals surface area contributed by atoms with E-state index in [0.717, 1.165) is 11.1 Å². The molecule has 0 saturated carbocycles. The number of nitrogens with one attached hydrogen (secondary N) is 1. The maximum absolute atomic E-state index is 12.3. The van der Waals surface area contributed by atoms with Gasteiger partial charge in [-0.2, -0.15) is 0 Å². The Labute approximate surface area is 153 Å². The molecule has 0 spiro atoms. The predicted octanol–water partition coefficient (Wildman–Crippen LogP) is 2.59. The molecule has 0 aliphatic carbocycles. The fourth-order valence-corrected chi connectivity index (χ4v) is 2.26. The molecule has 0 radical (unpaired) electrons. The van der Waals surface area contributed by atoms with Crippen molar-refractivity contribution >= 4 is 12.0 Å². The molecular formula is C20H24N2O4. The fraction of sp³-hybridized carbons (Fsp3) is 0.300. The number of benzene rings is 2. The summed E-state index contributed by atoms with van der Waals surface area (Å²) >= 11 is 0. The third-order valence-corrected chi connectivity index (χ3v) is 3.64. The summed E-state index contributed by atoms with van der Waals surface area (Å²) in [6.45, 7) is 0.561. The average molecular weight is 356 g/mol. The van der Waals surface area contributed by atoms with Gasteiger partial charge in [0.25, 0.3) is 0 Å². The zero-order valence-electron chi connectivity index (χ0n) is 15.1. The highest BCUT2D eigenvalue weighted by molar-refractivity contribution is 5.85. The SMILES string of the molecule is CN(C)C(=O)C(COCc1ccccc1)NC(=O)OCc1ccccc1. The Balaban J connectivity index is 1.85. The van der Waals surface area contributed by atoms with Crippen molar-refractivity contribution < 1.29 is 19.1 Å². The first-order chi connectivity index (χ1) is 12.6. The lowest BCUT2D eigenvalue weighted by Gasteiger charge is -2.21. The lowest BCUT2D eigenvalue weighted by molar-refractivity contribution is -0.132. The molecule has 6 heteroatoms. The number of carbonyl (C=O) groups excluding carboxylic acids is 2. The predicted molar refractivity (Wildman–Crippen MR) is 98.3 cm³/mol. The first kappa shape index (κ1) is 19.5. The Bertz CT molecular complexity index is 689. The van der Waals surface area contributed by atoms with Gasteiger partial charge in [0.15, 0.2) is 0 Å². The van der Waals surface area contributed by atoms with Crippen molar-refractivity contribution in [3.8, 4) is 0 Å². The smallest absolute Gasteiger partial charge is 0.408 e. The molecule has 1 unspecified atom stereocenters. The normalized spacial score (nSPS) is 11.5. The Hall–Kier alpha value is -2.86. The number of likely N-dealkylation sites (N-methyl/N-ethyl adjacent to an activating group) is 1. The third-order valence-electron chi connectivity index (χ3n) is 3.64. The summed E-state index contributed by atoms with van der Waals surface area (Å²) in [4.78, 5) is 25.7. The van der Waals surface area contributed by atoms with Crippen molar-refractivity contribution in [1.29, 1.82) is 0 Å². The molecule has 6 nitrogen and oxygen atoms in total. The molecule has 138 valence electrons.